The lowest BCUT2D eigenvalue weighted by Crippen LogP contribution is -2.18. The fourth-order valence-electron chi connectivity index (χ4n) is 2.12. The summed E-state index contributed by atoms with van der Waals surface area (Å²) in [4.78, 5) is 4.29. The Balaban J connectivity index is 1.49. The van der Waals surface area contributed by atoms with Crippen molar-refractivity contribution in [3.05, 3.63) is 42.0 Å². The summed E-state index contributed by atoms with van der Waals surface area (Å²) >= 11 is 0. The van der Waals surface area contributed by atoms with Crippen molar-refractivity contribution in [1.82, 2.24) is 14.9 Å². The minimum Gasteiger partial charge on any atom is -0.454 e. The van der Waals surface area contributed by atoms with Crippen LogP contribution in [0.15, 0.2) is 30.6 Å². The molecule has 0 bridgehead atoms. The molecule has 0 saturated carbocycles. The van der Waals surface area contributed by atoms with E-state index in [0.29, 0.717) is 6.79 Å². The van der Waals surface area contributed by atoms with Gasteiger partial charge in [-0.05, 0) is 17.7 Å². The van der Waals surface area contributed by atoms with Crippen LogP contribution in [0.25, 0.3) is 0 Å². The molecule has 0 fully saturated rings. The van der Waals surface area contributed by atoms with Gasteiger partial charge < -0.3 is 19.4 Å². The zero-order valence-electron chi connectivity index (χ0n) is 10.9. The smallest absolute Gasteiger partial charge is 0.231 e. The molecule has 0 atom stereocenters. The van der Waals surface area contributed by atoms with Gasteiger partial charge in [-0.15, -0.1) is 0 Å². The van der Waals surface area contributed by atoms with Gasteiger partial charge in [0.25, 0.3) is 0 Å². The van der Waals surface area contributed by atoms with Crippen LogP contribution >= 0.6 is 0 Å². The third-order valence-electron chi connectivity index (χ3n) is 3.21. The average molecular weight is 259 g/mol. The molecule has 0 amide bonds. The van der Waals surface area contributed by atoms with Crippen LogP contribution in [0.5, 0.6) is 11.5 Å². The summed E-state index contributed by atoms with van der Waals surface area (Å²) in [5.74, 6) is 2.76. The molecule has 3 rings (SSSR count). The predicted molar refractivity (Wildman–Crippen MR) is 71.2 cm³/mol. The maximum absolute atomic E-state index is 5.36. The maximum atomic E-state index is 5.36. The first-order valence-corrected chi connectivity index (χ1v) is 6.38. The van der Waals surface area contributed by atoms with E-state index < -0.39 is 0 Å². The summed E-state index contributed by atoms with van der Waals surface area (Å²) in [5.41, 5.74) is 1.20. The van der Waals surface area contributed by atoms with Gasteiger partial charge in [0.15, 0.2) is 11.5 Å². The monoisotopic (exact) mass is 259 g/mol. The Labute approximate surface area is 112 Å². The summed E-state index contributed by atoms with van der Waals surface area (Å²) in [6.45, 7) is 2.05. The number of aromatic nitrogens is 2. The van der Waals surface area contributed by atoms with Gasteiger partial charge in [-0.1, -0.05) is 6.07 Å². The van der Waals surface area contributed by atoms with Crippen LogP contribution < -0.4 is 14.8 Å². The average Bonchev–Trinajstić information content (AvgIpc) is 3.03. The van der Waals surface area contributed by atoms with Crippen LogP contribution in [0.4, 0.5) is 0 Å². The molecule has 5 heteroatoms. The van der Waals surface area contributed by atoms with E-state index in [9.17, 15) is 0 Å². The van der Waals surface area contributed by atoms with Gasteiger partial charge in [0, 0.05) is 39.0 Å². The summed E-state index contributed by atoms with van der Waals surface area (Å²) in [6.07, 6.45) is 4.72. The van der Waals surface area contributed by atoms with E-state index in [1.54, 1.807) is 0 Å². The summed E-state index contributed by atoms with van der Waals surface area (Å²) in [6, 6.07) is 6.04. The van der Waals surface area contributed by atoms with Gasteiger partial charge in [-0.3, -0.25) is 0 Å². The Morgan fingerprint density at radius 3 is 3.05 bits per heavy atom. The van der Waals surface area contributed by atoms with E-state index in [4.69, 9.17) is 9.47 Å². The fourth-order valence-corrected chi connectivity index (χ4v) is 2.12. The van der Waals surface area contributed by atoms with E-state index in [-0.39, 0.29) is 0 Å². The zero-order chi connectivity index (χ0) is 13.1. The number of hydrogen-bond acceptors (Lipinski definition) is 4. The van der Waals surface area contributed by atoms with Crippen LogP contribution in [0.1, 0.15) is 11.4 Å². The number of nitrogens with zero attached hydrogens (tertiary/aromatic N) is 2. The number of benzene rings is 1. The second-order valence-corrected chi connectivity index (χ2v) is 4.57. The van der Waals surface area contributed by atoms with Crippen LogP contribution in [0, 0.1) is 0 Å². The first-order valence-electron chi connectivity index (χ1n) is 6.38. The van der Waals surface area contributed by atoms with Crippen molar-refractivity contribution >= 4 is 0 Å². The lowest BCUT2D eigenvalue weighted by molar-refractivity contribution is 0.174. The van der Waals surface area contributed by atoms with E-state index in [1.165, 1.54) is 5.56 Å². The molecule has 2 heterocycles. The third-order valence-corrected chi connectivity index (χ3v) is 3.21. The number of fused-ring (bicyclic) bond motifs is 1. The standard InChI is InChI=1S/C14H17N3O2/c1-17-7-6-16-14(17)4-5-15-9-11-2-3-12-13(8-11)19-10-18-12/h2-3,6-8,15H,4-5,9-10H2,1H3. The van der Waals surface area contributed by atoms with E-state index in [1.807, 2.05) is 36.1 Å². The largest absolute Gasteiger partial charge is 0.454 e. The normalized spacial score (nSPS) is 12.9. The lowest BCUT2D eigenvalue weighted by atomic mass is 10.2. The van der Waals surface area contributed by atoms with Gasteiger partial charge in [0.2, 0.25) is 6.79 Å². The molecule has 5 nitrogen and oxygen atoms in total. The van der Waals surface area contributed by atoms with Crippen LogP contribution in [0.2, 0.25) is 0 Å². The highest BCUT2D eigenvalue weighted by molar-refractivity contribution is 5.44. The van der Waals surface area contributed by atoms with Gasteiger partial charge >= 0.3 is 0 Å². The topological polar surface area (TPSA) is 48.3 Å². The van der Waals surface area contributed by atoms with Crippen LogP contribution in [0.3, 0.4) is 0 Å². The first kappa shape index (κ1) is 12.0. The number of hydrogen-bond donors (Lipinski definition) is 1. The van der Waals surface area contributed by atoms with Crippen molar-refractivity contribution in [1.29, 1.82) is 0 Å². The molecule has 0 spiro atoms. The Morgan fingerprint density at radius 1 is 1.32 bits per heavy atom. The molecule has 1 N–H and O–H groups in total. The SMILES string of the molecule is Cn1ccnc1CCNCc1ccc2c(c1)OCO2. The molecule has 1 aromatic heterocycles. The highest BCUT2D eigenvalue weighted by Gasteiger charge is 2.12. The maximum Gasteiger partial charge on any atom is 0.231 e. The summed E-state index contributed by atoms with van der Waals surface area (Å²) < 4.78 is 12.7. The summed E-state index contributed by atoms with van der Waals surface area (Å²) in [5, 5.41) is 3.41. The highest BCUT2D eigenvalue weighted by atomic mass is 16.7. The zero-order valence-corrected chi connectivity index (χ0v) is 10.9. The van der Waals surface area contributed by atoms with Gasteiger partial charge in [-0.25, -0.2) is 4.98 Å². The molecule has 1 aromatic carbocycles. The molecule has 2 aromatic rings. The Bertz CT molecular complexity index is 566. The highest BCUT2D eigenvalue weighted by Crippen LogP contribution is 2.32. The lowest BCUT2D eigenvalue weighted by Gasteiger charge is -2.06. The fraction of sp³-hybridized carbons (Fsp3) is 0.357. The number of ether oxygens (including phenoxy) is 2. The summed E-state index contributed by atoms with van der Waals surface area (Å²) in [7, 11) is 2.01. The van der Waals surface area contributed by atoms with Crippen LogP contribution in [-0.4, -0.2) is 22.9 Å². The van der Waals surface area contributed by atoms with Gasteiger partial charge in [-0.2, -0.15) is 0 Å². The molecule has 19 heavy (non-hydrogen) atoms. The molecule has 0 radical (unpaired) electrons. The molecule has 1 aliphatic rings. The Morgan fingerprint density at radius 2 is 2.21 bits per heavy atom. The van der Waals surface area contributed by atoms with E-state index in [0.717, 1.165) is 36.8 Å². The number of imidazole rings is 1. The molecular formula is C14H17N3O2. The van der Waals surface area contributed by atoms with Crippen molar-refractivity contribution in [2.45, 2.75) is 13.0 Å². The van der Waals surface area contributed by atoms with Crippen molar-refractivity contribution in [3.63, 3.8) is 0 Å². The molecule has 0 aliphatic carbocycles. The van der Waals surface area contributed by atoms with Crippen molar-refractivity contribution in [2.75, 3.05) is 13.3 Å². The number of aryl methyl sites for hydroxylation is 1. The number of nitrogens with one attached hydrogen (secondary N) is 1. The second kappa shape index (κ2) is 5.32. The molecule has 1 aliphatic heterocycles. The van der Waals surface area contributed by atoms with Crippen molar-refractivity contribution in [2.24, 2.45) is 7.05 Å². The molecule has 0 unspecified atom stereocenters. The first-order chi connectivity index (χ1) is 9.33. The van der Waals surface area contributed by atoms with Gasteiger partial charge in [0.05, 0.1) is 0 Å². The molecule has 0 saturated heterocycles. The Kier molecular flexibility index (Phi) is 3.37. The predicted octanol–water partition coefficient (Wildman–Crippen LogP) is 1.48. The third kappa shape index (κ3) is 2.71. The van der Waals surface area contributed by atoms with E-state index in [2.05, 4.69) is 16.4 Å². The van der Waals surface area contributed by atoms with Crippen LogP contribution in [-0.2, 0) is 20.0 Å². The number of rotatable bonds is 5. The second-order valence-electron chi connectivity index (χ2n) is 4.57. The quantitative estimate of drug-likeness (QED) is 0.826. The molecular weight excluding hydrogens is 242 g/mol. The van der Waals surface area contributed by atoms with Crippen molar-refractivity contribution in [3.8, 4) is 11.5 Å². The minimum absolute atomic E-state index is 0.325. The Hall–Kier alpha value is -2.01. The molecule has 100 valence electrons. The minimum atomic E-state index is 0.325. The van der Waals surface area contributed by atoms with Crippen molar-refractivity contribution < 1.29 is 9.47 Å². The van der Waals surface area contributed by atoms with E-state index >= 15 is 0 Å². The van der Waals surface area contributed by atoms with Gasteiger partial charge in [0.1, 0.15) is 5.82 Å².